The van der Waals surface area contributed by atoms with Gasteiger partial charge in [0.15, 0.2) is 0 Å². The lowest BCUT2D eigenvalue weighted by Crippen LogP contribution is -2.40. The summed E-state index contributed by atoms with van der Waals surface area (Å²) in [6, 6.07) is 5.19. The standard InChI is InChI=1S/C16H18N2O4S/c1-10(2)9-14(16(19)20)18-23(21,22)15-6-4-5-12-11(3)17-8-7-13(12)15/h4-8,14,18H,1,9H2,2-3H3,(H,19,20). The first kappa shape index (κ1) is 17.1. The predicted octanol–water partition coefficient (Wildman–Crippen LogP) is 2.24. The highest BCUT2D eigenvalue weighted by Crippen LogP contribution is 2.24. The lowest BCUT2D eigenvalue weighted by atomic mass is 10.1. The molecule has 23 heavy (non-hydrogen) atoms. The maximum absolute atomic E-state index is 12.6. The highest BCUT2D eigenvalue weighted by molar-refractivity contribution is 7.89. The van der Waals surface area contributed by atoms with E-state index in [4.69, 9.17) is 0 Å². The Balaban J connectivity index is 2.50. The molecule has 2 aromatic rings. The number of carboxylic acids is 1. The van der Waals surface area contributed by atoms with Crippen molar-refractivity contribution in [2.24, 2.45) is 0 Å². The molecule has 7 heteroatoms. The van der Waals surface area contributed by atoms with Crippen molar-refractivity contribution in [3.8, 4) is 0 Å². The zero-order valence-electron chi connectivity index (χ0n) is 12.9. The summed E-state index contributed by atoms with van der Waals surface area (Å²) in [6.45, 7) is 7.07. The molecular weight excluding hydrogens is 316 g/mol. The maximum atomic E-state index is 12.6. The minimum absolute atomic E-state index is 0.0277. The number of carbonyl (C=O) groups is 1. The van der Waals surface area contributed by atoms with Gasteiger partial charge in [-0.2, -0.15) is 4.72 Å². The van der Waals surface area contributed by atoms with Gasteiger partial charge in [-0.25, -0.2) is 8.42 Å². The van der Waals surface area contributed by atoms with Gasteiger partial charge in [-0.3, -0.25) is 9.78 Å². The molecule has 1 unspecified atom stereocenters. The third kappa shape index (κ3) is 3.75. The van der Waals surface area contributed by atoms with Crippen molar-refractivity contribution in [2.75, 3.05) is 0 Å². The van der Waals surface area contributed by atoms with Gasteiger partial charge in [0.1, 0.15) is 6.04 Å². The van der Waals surface area contributed by atoms with Gasteiger partial charge in [0, 0.05) is 22.7 Å². The topological polar surface area (TPSA) is 96.4 Å². The number of fused-ring (bicyclic) bond motifs is 1. The molecular formula is C16H18N2O4S. The van der Waals surface area contributed by atoms with Gasteiger partial charge < -0.3 is 5.11 Å². The van der Waals surface area contributed by atoms with E-state index in [1.165, 1.54) is 12.3 Å². The van der Waals surface area contributed by atoms with Crippen LogP contribution in [0.25, 0.3) is 10.8 Å². The van der Waals surface area contributed by atoms with Gasteiger partial charge in [-0.05, 0) is 32.4 Å². The number of nitrogens with one attached hydrogen (secondary N) is 1. The van der Waals surface area contributed by atoms with Gasteiger partial charge >= 0.3 is 5.97 Å². The third-order valence-electron chi connectivity index (χ3n) is 3.40. The van der Waals surface area contributed by atoms with E-state index in [2.05, 4.69) is 16.3 Å². The van der Waals surface area contributed by atoms with Crippen molar-refractivity contribution in [3.63, 3.8) is 0 Å². The lowest BCUT2D eigenvalue weighted by molar-refractivity contribution is -0.138. The van der Waals surface area contributed by atoms with Crippen LogP contribution in [-0.4, -0.2) is 30.5 Å². The van der Waals surface area contributed by atoms with E-state index < -0.39 is 22.0 Å². The van der Waals surface area contributed by atoms with E-state index in [-0.39, 0.29) is 11.3 Å². The monoisotopic (exact) mass is 334 g/mol. The fourth-order valence-electron chi connectivity index (χ4n) is 2.34. The first-order chi connectivity index (χ1) is 10.7. The summed E-state index contributed by atoms with van der Waals surface area (Å²) in [5, 5.41) is 10.4. The molecule has 0 radical (unpaired) electrons. The predicted molar refractivity (Wildman–Crippen MR) is 87.7 cm³/mol. The molecule has 0 aliphatic rings. The fraction of sp³-hybridized carbons (Fsp3) is 0.250. The van der Waals surface area contributed by atoms with Crippen LogP contribution in [0.1, 0.15) is 19.0 Å². The Bertz CT molecular complexity index is 875. The summed E-state index contributed by atoms with van der Waals surface area (Å²) >= 11 is 0. The second-order valence-electron chi connectivity index (χ2n) is 5.42. The Kier molecular flexibility index (Phi) is 4.82. The smallest absolute Gasteiger partial charge is 0.322 e. The second kappa shape index (κ2) is 6.47. The Morgan fingerprint density at radius 2 is 2.04 bits per heavy atom. The second-order valence-corrected chi connectivity index (χ2v) is 7.10. The molecule has 0 spiro atoms. The molecule has 0 bridgehead atoms. The average Bonchev–Trinajstić information content (AvgIpc) is 2.45. The van der Waals surface area contributed by atoms with Crippen LogP contribution in [0.3, 0.4) is 0 Å². The summed E-state index contributed by atoms with van der Waals surface area (Å²) in [5.41, 5.74) is 1.29. The molecule has 0 saturated carbocycles. The largest absolute Gasteiger partial charge is 0.480 e. The summed E-state index contributed by atoms with van der Waals surface area (Å²) in [6.07, 6.45) is 1.55. The minimum atomic E-state index is -3.99. The molecule has 122 valence electrons. The summed E-state index contributed by atoms with van der Waals surface area (Å²) in [5.74, 6) is -1.24. The number of nitrogens with zero attached hydrogens (tertiary/aromatic N) is 1. The number of rotatable bonds is 6. The van der Waals surface area contributed by atoms with E-state index in [9.17, 15) is 18.3 Å². The zero-order chi connectivity index (χ0) is 17.2. The van der Waals surface area contributed by atoms with Crippen LogP contribution in [0.5, 0.6) is 0 Å². The van der Waals surface area contributed by atoms with Gasteiger partial charge in [0.05, 0.1) is 4.90 Å². The number of hydrogen-bond donors (Lipinski definition) is 2. The Morgan fingerprint density at radius 1 is 1.35 bits per heavy atom. The van der Waals surface area contributed by atoms with Crippen LogP contribution in [0, 0.1) is 6.92 Å². The van der Waals surface area contributed by atoms with Crippen molar-refractivity contribution in [3.05, 3.63) is 48.3 Å². The van der Waals surface area contributed by atoms with Crippen LogP contribution in [0.4, 0.5) is 0 Å². The van der Waals surface area contributed by atoms with E-state index in [1.807, 2.05) is 0 Å². The van der Waals surface area contributed by atoms with Crippen molar-refractivity contribution in [1.82, 2.24) is 9.71 Å². The van der Waals surface area contributed by atoms with Crippen LogP contribution in [0.2, 0.25) is 0 Å². The molecule has 1 aromatic carbocycles. The summed E-state index contributed by atoms with van der Waals surface area (Å²) < 4.78 is 27.5. The van der Waals surface area contributed by atoms with Crippen molar-refractivity contribution < 1.29 is 18.3 Å². The molecule has 1 heterocycles. The van der Waals surface area contributed by atoms with Gasteiger partial charge in [-0.1, -0.05) is 17.7 Å². The Hall–Kier alpha value is -2.25. The van der Waals surface area contributed by atoms with Crippen molar-refractivity contribution in [2.45, 2.75) is 31.2 Å². The number of sulfonamides is 1. The van der Waals surface area contributed by atoms with E-state index in [0.717, 1.165) is 0 Å². The number of pyridine rings is 1. The lowest BCUT2D eigenvalue weighted by Gasteiger charge is -2.16. The van der Waals surface area contributed by atoms with E-state index in [1.54, 1.807) is 32.0 Å². The molecule has 1 aromatic heterocycles. The van der Waals surface area contributed by atoms with Gasteiger partial charge in [0.25, 0.3) is 0 Å². The molecule has 2 rings (SSSR count). The number of aromatic nitrogens is 1. The molecule has 0 aliphatic carbocycles. The number of carboxylic acid groups (broad SMARTS) is 1. The molecule has 1 atom stereocenters. The normalized spacial score (nSPS) is 13.0. The number of hydrogen-bond acceptors (Lipinski definition) is 4. The highest BCUT2D eigenvalue weighted by atomic mass is 32.2. The van der Waals surface area contributed by atoms with Crippen LogP contribution in [0.15, 0.2) is 47.5 Å². The maximum Gasteiger partial charge on any atom is 0.322 e. The quantitative estimate of drug-likeness (QED) is 0.790. The number of aryl methyl sites for hydroxylation is 1. The molecule has 0 amide bonds. The summed E-state index contributed by atoms with van der Waals surface area (Å²) in [7, 11) is -3.99. The van der Waals surface area contributed by atoms with Crippen LogP contribution in [-0.2, 0) is 14.8 Å². The molecule has 2 N–H and O–H groups in total. The van der Waals surface area contributed by atoms with Gasteiger partial charge in [0.2, 0.25) is 10.0 Å². The SMILES string of the molecule is C=C(C)CC(NS(=O)(=O)c1cccc2c(C)nccc12)C(=O)O. The molecule has 6 nitrogen and oxygen atoms in total. The van der Waals surface area contributed by atoms with Crippen molar-refractivity contribution in [1.29, 1.82) is 0 Å². The molecule has 0 saturated heterocycles. The highest BCUT2D eigenvalue weighted by Gasteiger charge is 2.26. The van der Waals surface area contributed by atoms with Crippen LogP contribution < -0.4 is 4.72 Å². The average molecular weight is 334 g/mol. The first-order valence-corrected chi connectivity index (χ1v) is 8.44. The van der Waals surface area contributed by atoms with Gasteiger partial charge in [-0.15, -0.1) is 6.58 Å². The molecule has 0 aliphatic heterocycles. The van der Waals surface area contributed by atoms with Crippen LogP contribution >= 0.6 is 0 Å². The molecule has 0 fully saturated rings. The summed E-state index contributed by atoms with van der Waals surface area (Å²) in [4.78, 5) is 15.5. The fourth-order valence-corrected chi connectivity index (χ4v) is 3.75. The van der Waals surface area contributed by atoms with E-state index >= 15 is 0 Å². The number of aliphatic carboxylic acids is 1. The minimum Gasteiger partial charge on any atom is -0.480 e. The first-order valence-electron chi connectivity index (χ1n) is 6.96. The van der Waals surface area contributed by atoms with Crippen molar-refractivity contribution >= 4 is 26.8 Å². The number of benzene rings is 1. The van der Waals surface area contributed by atoms with E-state index in [0.29, 0.717) is 22.0 Å². The zero-order valence-corrected chi connectivity index (χ0v) is 13.7. The Labute approximate surface area is 134 Å². The third-order valence-corrected chi connectivity index (χ3v) is 4.93. The Morgan fingerprint density at radius 3 is 2.65 bits per heavy atom.